The van der Waals surface area contributed by atoms with E-state index < -0.39 is 8.07 Å². The van der Waals surface area contributed by atoms with Crippen molar-refractivity contribution < 1.29 is 4.79 Å². The van der Waals surface area contributed by atoms with Crippen molar-refractivity contribution in [3.63, 3.8) is 0 Å². The lowest BCUT2D eigenvalue weighted by molar-refractivity contribution is -0.113. The molecule has 0 heterocycles. The van der Waals surface area contributed by atoms with Crippen LogP contribution >= 0.6 is 0 Å². The average molecular weight is 268 g/mol. The zero-order valence-electron chi connectivity index (χ0n) is 11.8. The maximum Gasteiger partial charge on any atom is 0.125 e. The fourth-order valence-electron chi connectivity index (χ4n) is 2.22. The minimum absolute atomic E-state index is 0.117. The molecule has 0 aromatic heterocycles. The summed E-state index contributed by atoms with van der Waals surface area (Å²) in [5.74, 6) is -0.117. The van der Waals surface area contributed by atoms with Crippen molar-refractivity contribution >= 4 is 13.5 Å². The number of carbonyl (C=O) groups excluding carboxylic acids is 1. The molecule has 19 heavy (non-hydrogen) atoms. The van der Waals surface area contributed by atoms with Crippen LogP contribution in [0.3, 0.4) is 0 Å². The van der Waals surface area contributed by atoms with Gasteiger partial charge in [-0.15, -0.1) is 0 Å². The summed E-state index contributed by atoms with van der Waals surface area (Å²) in [6.07, 6.45) is 0. The molecule has 0 saturated carbocycles. The number of hydrogen-bond donors (Lipinski definition) is 0. The molecule has 0 amide bonds. The Morgan fingerprint density at radius 2 is 1.16 bits per heavy atom. The van der Waals surface area contributed by atoms with E-state index in [1.54, 1.807) is 0 Å². The maximum absolute atomic E-state index is 12.8. The molecule has 0 radical (unpaired) electrons. The molecule has 0 saturated heterocycles. The first-order valence-electron chi connectivity index (χ1n) is 6.64. The molecule has 1 nitrogen and oxygen atoms in total. The molecule has 0 aliphatic carbocycles. The average Bonchev–Trinajstić information content (AvgIpc) is 2.40. The van der Waals surface area contributed by atoms with Crippen molar-refractivity contribution in [1.29, 1.82) is 0 Å². The highest BCUT2D eigenvalue weighted by molar-refractivity contribution is 7.04. The Kier molecular flexibility index (Phi) is 4.01. The molecule has 2 heteroatoms. The van der Waals surface area contributed by atoms with Crippen LogP contribution in [0.2, 0.25) is 19.6 Å². The normalized spacial score (nSPS) is 11.6. The van der Waals surface area contributed by atoms with Gasteiger partial charge in [-0.25, -0.2) is 0 Å². The van der Waals surface area contributed by atoms with Gasteiger partial charge in [-0.05, 0) is 11.1 Å². The quantitative estimate of drug-likeness (QED) is 0.757. The molecule has 0 unspecified atom stereocenters. The molecule has 2 aromatic rings. The Labute approximate surface area is 116 Å². The Balaban J connectivity index is 2.49. The smallest absolute Gasteiger partial charge is 0.125 e. The number of rotatable bonds is 4. The van der Waals surface area contributed by atoms with Crippen molar-refractivity contribution in [2.45, 2.75) is 25.6 Å². The molecule has 2 aromatic carbocycles. The highest BCUT2D eigenvalue weighted by atomic mass is 28.3. The van der Waals surface area contributed by atoms with Crippen LogP contribution in [0.4, 0.5) is 0 Å². The largest absolute Gasteiger partial charge is 0.304 e. The van der Waals surface area contributed by atoms with Crippen LogP contribution < -0.4 is 0 Å². The van der Waals surface area contributed by atoms with Crippen LogP contribution in [0.15, 0.2) is 60.7 Å². The van der Waals surface area contributed by atoms with Crippen molar-refractivity contribution in [1.82, 2.24) is 0 Å². The second-order valence-electron chi connectivity index (χ2n) is 5.87. The van der Waals surface area contributed by atoms with Crippen LogP contribution in [-0.4, -0.2) is 13.5 Å². The Bertz CT molecular complexity index is 501. The lowest BCUT2D eigenvalue weighted by atomic mass is 9.92. The maximum atomic E-state index is 12.8. The first kappa shape index (κ1) is 13.8. The third-order valence-electron chi connectivity index (χ3n) is 3.27. The SMILES string of the molecule is C[Si](C)(C)C(=O)C(c1ccccc1)c1ccccc1. The van der Waals surface area contributed by atoms with Gasteiger partial charge in [0.1, 0.15) is 13.5 Å². The third-order valence-corrected chi connectivity index (χ3v) is 5.03. The van der Waals surface area contributed by atoms with E-state index in [1.165, 1.54) is 0 Å². The number of carbonyl (C=O) groups is 1. The van der Waals surface area contributed by atoms with E-state index in [2.05, 4.69) is 43.9 Å². The van der Waals surface area contributed by atoms with Gasteiger partial charge >= 0.3 is 0 Å². The Hall–Kier alpha value is -1.67. The topological polar surface area (TPSA) is 17.1 Å². The molecule has 0 atom stereocenters. The number of hydrogen-bond acceptors (Lipinski definition) is 1. The van der Waals surface area contributed by atoms with E-state index in [-0.39, 0.29) is 5.92 Å². The molecular formula is C17H20OSi. The Morgan fingerprint density at radius 1 is 0.789 bits per heavy atom. The summed E-state index contributed by atoms with van der Waals surface area (Å²) < 4.78 is 0. The Morgan fingerprint density at radius 3 is 1.47 bits per heavy atom. The molecule has 0 spiro atoms. The predicted molar refractivity (Wildman–Crippen MR) is 83.1 cm³/mol. The molecule has 2 rings (SSSR count). The highest BCUT2D eigenvalue weighted by Gasteiger charge is 2.33. The lowest BCUT2D eigenvalue weighted by Gasteiger charge is -2.24. The van der Waals surface area contributed by atoms with Crippen molar-refractivity contribution in [3.05, 3.63) is 71.8 Å². The molecule has 0 N–H and O–H groups in total. The van der Waals surface area contributed by atoms with Gasteiger partial charge < -0.3 is 4.79 Å². The van der Waals surface area contributed by atoms with Gasteiger partial charge in [-0.2, -0.15) is 0 Å². The summed E-state index contributed by atoms with van der Waals surface area (Å²) in [7, 11) is -1.83. The summed E-state index contributed by atoms with van der Waals surface area (Å²) in [6, 6.07) is 20.2. The van der Waals surface area contributed by atoms with E-state index in [0.717, 1.165) is 11.1 Å². The molecular weight excluding hydrogens is 248 g/mol. The standard InChI is InChI=1S/C17H20OSi/c1-19(2,3)17(18)16(14-10-6-4-7-11-14)15-12-8-5-9-13-15/h4-13,16H,1-3H3. The van der Waals surface area contributed by atoms with Crippen LogP contribution in [0.1, 0.15) is 17.0 Å². The second kappa shape index (κ2) is 5.53. The highest BCUT2D eigenvalue weighted by Crippen LogP contribution is 2.28. The molecule has 98 valence electrons. The fraction of sp³-hybridized carbons (Fsp3) is 0.235. The van der Waals surface area contributed by atoms with Gasteiger partial charge in [-0.1, -0.05) is 80.3 Å². The third kappa shape index (κ3) is 3.21. The zero-order chi connectivity index (χ0) is 13.9. The van der Waals surface area contributed by atoms with Gasteiger partial charge in [0.05, 0.1) is 5.92 Å². The second-order valence-corrected chi connectivity index (χ2v) is 10.9. The molecule has 0 aliphatic heterocycles. The zero-order valence-corrected chi connectivity index (χ0v) is 12.8. The van der Waals surface area contributed by atoms with Crippen molar-refractivity contribution in [3.8, 4) is 0 Å². The summed E-state index contributed by atoms with van der Waals surface area (Å²) in [5, 5.41) is 0.393. The van der Waals surface area contributed by atoms with Gasteiger partial charge in [0.2, 0.25) is 0 Å². The van der Waals surface area contributed by atoms with E-state index in [1.807, 2.05) is 36.4 Å². The molecule has 0 fully saturated rings. The van der Waals surface area contributed by atoms with Gasteiger partial charge in [0.25, 0.3) is 0 Å². The van der Waals surface area contributed by atoms with Crippen molar-refractivity contribution in [2.75, 3.05) is 0 Å². The van der Waals surface area contributed by atoms with Gasteiger partial charge in [0, 0.05) is 0 Å². The first-order chi connectivity index (χ1) is 9.00. The van der Waals surface area contributed by atoms with Crippen LogP contribution in [0.25, 0.3) is 0 Å². The predicted octanol–water partition coefficient (Wildman–Crippen LogP) is 4.27. The van der Waals surface area contributed by atoms with Gasteiger partial charge in [0.15, 0.2) is 0 Å². The summed E-state index contributed by atoms with van der Waals surface area (Å²) >= 11 is 0. The van der Waals surface area contributed by atoms with E-state index in [9.17, 15) is 4.79 Å². The van der Waals surface area contributed by atoms with E-state index in [4.69, 9.17) is 0 Å². The van der Waals surface area contributed by atoms with E-state index in [0.29, 0.717) is 5.41 Å². The van der Waals surface area contributed by atoms with Gasteiger partial charge in [-0.3, -0.25) is 0 Å². The summed E-state index contributed by atoms with van der Waals surface area (Å²) in [5.41, 5.74) is 2.20. The molecule has 0 bridgehead atoms. The lowest BCUT2D eigenvalue weighted by Crippen LogP contribution is -2.38. The monoisotopic (exact) mass is 268 g/mol. The van der Waals surface area contributed by atoms with Crippen LogP contribution in [0.5, 0.6) is 0 Å². The molecule has 0 aliphatic rings. The number of benzene rings is 2. The van der Waals surface area contributed by atoms with Crippen LogP contribution in [0, 0.1) is 0 Å². The fourth-order valence-corrected chi connectivity index (χ4v) is 3.42. The minimum Gasteiger partial charge on any atom is -0.304 e. The summed E-state index contributed by atoms with van der Waals surface area (Å²) in [4.78, 5) is 12.8. The minimum atomic E-state index is -1.83. The first-order valence-corrected chi connectivity index (χ1v) is 10.1. The summed E-state index contributed by atoms with van der Waals surface area (Å²) in [6.45, 7) is 6.36. The van der Waals surface area contributed by atoms with Crippen LogP contribution in [-0.2, 0) is 4.79 Å². The van der Waals surface area contributed by atoms with E-state index >= 15 is 0 Å². The van der Waals surface area contributed by atoms with Crippen molar-refractivity contribution in [2.24, 2.45) is 0 Å².